The molecule has 7 nitrogen and oxygen atoms in total. The summed E-state index contributed by atoms with van der Waals surface area (Å²) in [6.07, 6.45) is 8.43. The maximum atomic E-state index is 12.7. The van der Waals surface area contributed by atoms with Gasteiger partial charge >= 0.3 is 0 Å². The topological polar surface area (TPSA) is 59.2 Å². The van der Waals surface area contributed by atoms with Gasteiger partial charge < -0.3 is 9.47 Å². The zero-order valence-electron chi connectivity index (χ0n) is 14.5. The molecule has 3 heterocycles. The fourth-order valence-corrected chi connectivity index (χ4v) is 3.22. The number of carbonyl (C=O) groups is 1. The molecule has 1 fully saturated rings. The number of aryl methyl sites for hydroxylation is 1. The monoisotopic (exact) mass is 330 g/mol. The van der Waals surface area contributed by atoms with Gasteiger partial charge in [-0.3, -0.25) is 14.4 Å². The Balaban J connectivity index is 1.58. The molecule has 1 amide bonds. The molecule has 0 N–H and O–H groups in total. The Morgan fingerprint density at radius 2 is 2.08 bits per heavy atom. The molecule has 7 heteroatoms. The minimum absolute atomic E-state index is 0.149. The van der Waals surface area contributed by atoms with Crippen LogP contribution in [-0.2, 0) is 17.9 Å². The van der Waals surface area contributed by atoms with Crippen LogP contribution >= 0.6 is 0 Å². The molecular formula is C17H26N6O. The summed E-state index contributed by atoms with van der Waals surface area (Å²) < 4.78 is 3.90. The van der Waals surface area contributed by atoms with Crippen LogP contribution in [0.1, 0.15) is 32.1 Å². The predicted octanol–water partition coefficient (Wildman–Crippen LogP) is 1.39. The van der Waals surface area contributed by atoms with Crippen molar-refractivity contribution in [3.8, 4) is 0 Å². The van der Waals surface area contributed by atoms with Crippen molar-refractivity contribution in [2.75, 3.05) is 26.2 Å². The van der Waals surface area contributed by atoms with Gasteiger partial charge in [0.15, 0.2) is 0 Å². The van der Waals surface area contributed by atoms with E-state index >= 15 is 0 Å². The van der Waals surface area contributed by atoms with Crippen LogP contribution in [0.25, 0.3) is 0 Å². The molecule has 0 bridgehead atoms. The van der Waals surface area contributed by atoms with Gasteiger partial charge in [0.05, 0.1) is 6.54 Å². The summed E-state index contributed by atoms with van der Waals surface area (Å²) in [6.45, 7) is 9.28. The third-order valence-electron chi connectivity index (χ3n) is 4.69. The lowest BCUT2D eigenvalue weighted by atomic mass is 10.2. The van der Waals surface area contributed by atoms with E-state index in [1.807, 2.05) is 36.5 Å². The van der Waals surface area contributed by atoms with Crippen molar-refractivity contribution < 1.29 is 4.79 Å². The highest BCUT2D eigenvalue weighted by Crippen LogP contribution is 2.13. The van der Waals surface area contributed by atoms with Crippen molar-refractivity contribution >= 4 is 5.91 Å². The smallest absolute Gasteiger partial charge is 0.247 e. The van der Waals surface area contributed by atoms with E-state index in [2.05, 4.69) is 26.5 Å². The van der Waals surface area contributed by atoms with Gasteiger partial charge in [-0.15, -0.1) is 0 Å². The molecule has 1 aliphatic rings. The van der Waals surface area contributed by atoms with Crippen LogP contribution in [0.5, 0.6) is 0 Å². The van der Waals surface area contributed by atoms with Gasteiger partial charge in [0.2, 0.25) is 5.91 Å². The number of hydrogen-bond acceptors (Lipinski definition) is 4. The number of amides is 1. The molecule has 0 aliphatic carbocycles. The van der Waals surface area contributed by atoms with Crippen LogP contribution in [0.4, 0.5) is 0 Å². The van der Waals surface area contributed by atoms with E-state index in [-0.39, 0.29) is 11.9 Å². The summed E-state index contributed by atoms with van der Waals surface area (Å²) in [5.41, 5.74) is 0. The van der Waals surface area contributed by atoms with Crippen LogP contribution < -0.4 is 0 Å². The number of hydrogen-bond donors (Lipinski definition) is 0. The van der Waals surface area contributed by atoms with E-state index in [4.69, 9.17) is 0 Å². The Morgan fingerprint density at radius 1 is 1.21 bits per heavy atom. The van der Waals surface area contributed by atoms with E-state index in [1.54, 1.807) is 10.9 Å². The summed E-state index contributed by atoms with van der Waals surface area (Å²) in [5, 5.41) is 4.19. The van der Waals surface area contributed by atoms with Gasteiger partial charge in [-0.05, 0) is 26.3 Å². The first-order valence-electron chi connectivity index (χ1n) is 8.69. The van der Waals surface area contributed by atoms with Crippen LogP contribution in [-0.4, -0.2) is 61.2 Å². The van der Waals surface area contributed by atoms with Crippen molar-refractivity contribution in [1.82, 2.24) is 29.1 Å². The lowest BCUT2D eigenvalue weighted by Gasteiger charge is -2.25. The molecule has 1 atom stereocenters. The fraction of sp³-hybridized carbons (Fsp3) is 0.588. The van der Waals surface area contributed by atoms with E-state index in [9.17, 15) is 4.79 Å². The minimum Gasteiger partial charge on any atom is -0.340 e. The molecule has 2 aromatic heterocycles. The number of aromatic nitrogens is 4. The zero-order chi connectivity index (χ0) is 16.9. The molecule has 0 radical (unpaired) electrons. The molecule has 1 aliphatic heterocycles. The van der Waals surface area contributed by atoms with Crippen LogP contribution in [0, 0.1) is 0 Å². The van der Waals surface area contributed by atoms with E-state index in [0.29, 0.717) is 0 Å². The second-order valence-electron chi connectivity index (χ2n) is 6.25. The first kappa shape index (κ1) is 16.7. The number of rotatable bonds is 5. The van der Waals surface area contributed by atoms with Gasteiger partial charge in [-0.1, -0.05) is 0 Å². The maximum absolute atomic E-state index is 12.7. The van der Waals surface area contributed by atoms with Crippen molar-refractivity contribution in [3.63, 3.8) is 0 Å². The summed E-state index contributed by atoms with van der Waals surface area (Å²) in [5.74, 6) is 1.25. The minimum atomic E-state index is -0.245. The highest BCUT2D eigenvalue weighted by molar-refractivity contribution is 5.80. The molecule has 0 saturated carbocycles. The highest BCUT2D eigenvalue weighted by Gasteiger charge is 2.24. The quantitative estimate of drug-likeness (QED) is 0.831. The third-order valence-corrected chi connectivity index (χ3v) is 4.69. The van der Waals surface area contributed by atoms with Crippen molar-refractivity contribution in [1.29, 1.82) is 0 Å². The Morgan fingerprint density at radius 3 is 2.83 bits per heavy atom. The van der Waals surface area contributed by atoms with Gasteiger partial charge in [0.25, 0.3) is 0 Å². The Hall–Kier alpha value is -2.15. The summed E-state index contributed by atoms with van der Waals surface area (Å²) in [7, 11) is 0. The highest BCUT2D eigenvalue weighted by atomic mass is 16.2. The lowest BCUT2D eigenvalue weighted by molar-refractivity contribution is -0.134. The third kappa shape index (κ3) is 3.67. The summed E-state index contributed by atoms with van der Waals surface area (Å²) in [4.78, 5) is 21.5. The molecule has 3 rings (SSSR count). The lowest BCUT2D eigenvalue weighted by Crippen LogP contribution is -2.39. The SMILES string of the molecule is CCn1ccnc1CN1CCCN(C(=O)C(C)n2cccn2)CC1. The number of carbonyl (C=O) groups excluding carboxylic acids is 1. The van der Waals surface area contributed by atoms with Gasteiger partial charge in [0, 0.05) is 57.5 Å². The Kier molecular flexibility index (Phi) is 5.30. The number of nitrogens with zero attached hydrogens (tertiary/aromatic N) is 6. The molecule has 130 valence electrons. The van der Waals surface area contributed by atoms with Crippen LogP contribution in [0.2, 0.25) is 0 Å². The normalized spacial score (nSPS) is 17.7. The second-order valence-corrected chi connectivity index (χ2v) is 6.25. The average Bonchev–Trinajstić information content (AvgIpc) is 3.22. The molecule has 0 aromatic carbocycles. The van der Waals surface area contributed by atoms with Crippen LogP contribution in [0.15, 0.2) is 30.9 Å². The zero-order valence-corrected chi connectivity index (χ0v) is 14.5. The van der Waals surface area contributed by atoms with Gasteiger partial charge in [-0.2, -0.15) is 5.10 Å². The van der Waals surface area contributed by atoms with Gasteiger partial charge in [-0.25, -0.2) is 4.98 Å². The molecule has 2 aromatic rings. The molecule has 1 unspecified atom stereocenters. The molecular weight excluding hydrogens is 304 g/mol. The van der Waals surface area contributed by atoms with Gasteiger partial charge in [0.1, 0.15) is 11.9 Å². The van der Waals surface area contributed by atoms with E-state index in [0.717, 1.165) is 51.5 Å². The number of imidazole rings is 1. The largest absolute Gasteiger partial charge is 0.340 e. The van der Waals surface area contributed by atoms with Crippen LogP contribution in [0.3, 0.4) is 0 Å². The Labute approximate surface area is 142 Å². The molecule has 0 spiro atoms. The van der Waals surface area contributed by atoms with Crippen molar-refractivity contribution in [2.24, 2.45) is 0 Å². The molecule has 24 heavy (non-hydrogen) atoms. The summed E-state index contributed by atoms with van der Waals surface area (Å²) in [6, 6.07) is 1.61. The maximum Gasteiger partial charge on any atom is 0.247 e. The fourth-order valence-electron chi connectivity index (χ4n) is 3.22. The predicted molar refractivity (Wildman–Crippen MR) is 91.3 cm³/mol. The second kappa shape index (κ2) is 7.61. The molecule has 1 saturated heterocycles. The standard InChI is InChI=1S/C17H26N6O/c1-3-21-11-7-18-16(21)14-20-8-5-9-22(13-12-20)17(24)15(2)23-10-4-6-19-23/h4,6-7,10-11,15H,3,5,8-9,12-14H2,1-2H3. The van der Waals surface area contributed by atoms with E-state index < -0.39 is 0 Å². The first-order valence-corrected chi connectivity index (χ1v) is 8.69. The van der Waals surface area contributed by atoms with Crippen molar-refractivity contribution in [3.05, 3.63) is 36.7 Å². The summed E-state index contributed by atoms with van der Waals surface area (Å²) >= 11 is 0. The van der Waals surface area contributed by atoms with E-state index in [1.165, 1.54) is 0 Å². The van der Waals surface area contributed by atoms with Crippen molar-refractivity contribution in [2.45, 2.75) is 39.4 Å². The first-order chi connectivity index (χ1) is 11.7. The Bertz CT molecular complexity index is 650. The average molecular weight is 330 g/mol.